The molecule has 0 aromatic carbocycles. The molecule has 0 amide bonds. The van der Waals surface area contributed by atoms with E-state index in [9.17, 15) is 9.90 Å². The van der Waals surface area contributed by atoms with Crippen LogP contribution in [0.15, 0.2) is 24.4 Å². The number of rotatable bonds is 2. The number of hydrogen-bond acceptors (Lipinski definition) is 3. The van der Waals surface area contributed by atoms with Gasteiger partial charge in [0.25, 0.3) is 0 Å². The first-order valence-electron chi connectivity index (χ1n) is 6.36. The molecule has 2 aromatic rings. The van der Waals surface area contributed by atoms with Gasteiger partial charge >= 0.3 is 5.97 Å². The van der Waals surface area contributed by atoms with Gasteiger partial charge in [0.05, 0.1) is 11.4 Å². The average molecular weight is 257 g/mol. The number of carboxylic acids is 1. The van der Waals surface area contributed by atoms with E-state index < -0.39 is 11.9 Å². The van der Waals surface area contributed by atoms with E-state index in [0.717, 1.165) is 16.9 Å². The lowest BCUT2D eigenvalue weighted by atomic mass is 9.82. The Labute approximate surface area is 110 Å². The van der Waals surface area contributed by atoms with E-state index in [0.29, 0.717) is 18.5 Å². The predicted molar refractivity (Wildman–Crippen MR) is 70.9 cm³/mol. The number of nitrogens with one attached hydrogen (secondary N) is 1. The van der Waals surface area contributed by atoms with Gasteiger partial charge < -0.3 is 10.1 Å². The Bertz CT molecular complexity index is 660. The van der Waals surface area contributed by atoms with E-state index in [1.54, 1.807) is 6.20 Å². The third-order valence-electron chi connectivity index (χ3n) is 3.72. The number of aliphatic carboxylic acids is 1. The summed E-state index contributed by atoms with van der Waals surface area (Å²) in [6, 6.07) is 1.92. The van der Waals surface area contributed by atoms with Gasteiger partial charge in [-0.05, 0) is 31.4 Å². The number of fused-ring (bicyclic) bond motifs is 1. The molecular weight excluding hydrogens is 242 g/mol. The Morgan fingerprint density at radius 1 is 1.42 bits per heavy atom. The highest BCUT2D eigenvalue weighted by molar-refractivity contribution is 5.75. The van der Waals surface area contributed by atoms with Crippen molar-refractivity contribution in [3.8, 4) is 0 Å². The first-order valence-corrected chi connectivity index (χ1v) is 6.36. The molecule has 0 fully saturated rings. The maximum Gasteiger partial charge on any atom is 0.307 e. The predicted octanol–water partition coefficient (Wildman–Crippen LogP) is 2.40. The van der Waals surface area contributed by atoms with Crippen molar-refractivity contribution < 1.29 is 9.90 Å². The van der Waals surface area contributed by atoms with E-state index in [1.165, 1.54) is 0 Å². The van der Waals surface area contributed by atoms with E-state index in [4.69, 9.17) is 0 Å². The van der Waals surface area contributed by atoms with E-state index in [-0.39, 0.29) is 5.92 Å². The molecule has 0 aliphatic heterocycles. The summed E-state index contributed by atoms with van der Waals surface area (Å²) < 4.78 is 0. The van der Waals surface area contributed by atoms with Crippen molar-refractivity contribution in [3.05, 3.63) is 35.8 Å². The SMILES string of the molecule is Cc1ccnc2nc(C3CC=CCC3C(=O)O)[nH]c12. The zero-order valence-corrected chi connectivity index (χ0v) is 10.6. The Balaban J connectivity index is 2.05. The fourth-order valence-corrected chi connectivity index (χ4v) is 2.62. The van der Waals surface area contributed by atoms with Crippen molar-refractivity contribution in [3.63, 3.8) is 0 Å². The number of hydrogen-bond donors (Lipinski definition) is 2. The van der Waals surface area contributed by atoms with Crippen molar-refractivity contribution in [2.24, 2.45) is 5.92 Å². The maximum atomic E-state index is 11.3. The highest BCUT2D eigenvalue weighted by atomic mass is 16.4. The van der Waals surface area contributed by atoms with E-state index in [2.05, 4.69) is 15.0 Å². The average Bonchev–Trinajstić information content (AvgIpc) is 2.84. The molecule has 2 atom stereocenters. The molecule has 2 N–H and O–H groups in total. The van der Waals surface area contributed by atoms with Crippen LogP contribution in [0, 0.1) is 12.8 Å². The Kier molecular flexibility index (Phi) is 2.81. The van der Waals surface area contributed by atoms with Crippen LogP contribution in [-0.4, -0.2) is 26.0 Å². The van der Waals surface area contributed by atoms with Gasteiger partial charge in [0.2, 0.25) is 0 Å². The zero-order valence-electron chi connectivity index (χ0n) is 10.6. The first-order chi connectivity index (χ1) is 9.16. The molecule has 0 saturated carbocycles. The number of carboxylic acid groups (broad SMARTS) is 1. The van der Waals surface area contributed by atoms with Gasteiger partial charge in [-0.2, -0.15) is 0 Å². The standard InChI is InChI=1S/C14H15N3O2/c1-8-6-7-15-13-11(8)16-12(17-13)9-4-2-3-5-10(9)14(18)19/h2-3,6-7,9-10H,4-5H2,1H3,(H,18,19)(H,15,16,17). The molecule has 0 spiro atoms. The van der Waals surface area contributed by atoms with Crippen molar-refractivity contribution in [1.29, 1.82) is 0 Å². The summed E-state index contributed by atoms with van der Waals surface area (Å²) in [5.74, 6) is -0.546. The summed E-state index contributed by atoms with van der Waals surface area (Å²) >= 11 is 0. The second-order valence-corrected chi connectivity index (χ2v) is 4.94. The van der Waals surface area contributed by atoms with E-state index >= 15 is 0 Å². The van der Waals surface area contributed by atoms with Crippen LogP contribution < -0.4 is 0 Å². The van der Waals surface area contributed by atoms with Crippen LogP contribution in [0.5, 0.6) is 0 Å². The van der Waals surface area contributed by atoms with Gasteiger partial charge in [-0.15, -0.1) is 0 Å². The van der Waals surface area contributed by atoms with Crippen molar-refractivity contribution in [1.82, 2.24) is 15.0 Å². The number of aromatic amines is 1. The van der Waals surface area contributed by atoms with Crippen molar-refractivity contribution in [2.45, 2.75) is 25.7 Å². The minimum absolute atomic E-state index is 0.101. The molecule has 2 heterocycles. The van der Waals surface area contributed by atoms with E-state index in [1.807, 2.05) is 25.1 Å². The first kappa shape index (κ1) is 11.9. The lowest BCUT2D eigenvalue weighted by Crippen LogP contribution is -2.24. The molecule has 3 rings (SSSR count). The minimum Gasteiger partial charge on any atom is -0.481 e. The Hall–Kier alpha value is -2.17. The van der Waals surface area contributed by atoms with Crippen LogP contribution in [-0.2, 0) is 4.79 Å². The quantitative estimate of drug-likeness (QED) is 0.810. The van der Waals surface area contributed by atoms with Crippen LogP contribution in [0.4, 0.5) is 0 Å². The smallest absolute Gasteiger partial charge is 0.307 e. The Morgan fingerprint density at radius 3 is 2.95 bits per heavy atom. The van der Waals surface area contributed by atoms with Crippen LogP contribution in [0.1, 0.15) is 30.1 Å². The number of aromatic nitrogens is 3. The second kappa shape index (κ2) is 4.50. The van der Waals surface area contributed by atoms with Gasteiger partial charge in [-0.25, -0.2) is 9.97 Å². The topological polar surface area (TPSA) is 78.9 Å². The molecule has 5 heteroatoms. The molecule has 0 radical (unpaired) electrons. The van der Waals surface area contributed by atoms with Crippen LogP contribution in [0.3, 0.4) is 0 Å². The van der Waals surface area contributed by atoms with Gasteiger partial charge in [-0.1, -0.05) is 12.2 Å². The summed E-state index contributed by atoms with van der Waals surface area (Å²) in [4.78, 5) is 23.3. The molecule has 1 aliphatic rings. The number of pyridine rings is 1. The zero-order chi connectivity index (χ0) is 13.4. The molecule has 5 nitrogen and oxygen atoms in total. The fraction of sp³-hybridized carbons (Fsp3) is 0.357. The maximum absolute atomic E-state index is 11.3. The third kappa shape index (κ3) is 2.01. The number of carbonyl (C=O) groups is 1. The van der Waals surface area contributed by atoms with Crippen molar-refractivity contribution >= 4 is 17.1 Å². The lowest BCUT2D eigenvalue weighted by molar-refractivity contribution is -0.142. The molecule has 19 heavy (non-hydrogen) atoms. The molecule has 0 bridgehead atoms. The Morgan fingerprint density at radius 2 is 2.21 bits per heavy atom. The van der Waals surface area contributed by atoms with Crippen LogP contribution in [0.2, 0.25) is 0 Å². The second-order valence-electron chi connectivity index (χ2n) is 4.94. The summed E-state index contributed by atoms with van der Waals surface area (Å²) in [5, 5.41) is 9.31. The lowest BCUT2D eigenvalue weighted by Gasteiger charge is -2.23. The number of H-pyrrole nitrogens is 1. The highest BCUT2D eigenvalue weighted by Crippen LogP contribution is 2.34. The number of aryl methyl sites for hydroxylation is 1. The highest BCUT2D eigenvalue weighted by Gasteiger charge is 2.32. The van der Waals surface area contributed by atoms with Gasteiger partial charge in [0, 0.05) is 12.1 Å². The molecule has 0 saturated heterocycles. The number of allylic oxidation sites excluding steroid dienone is 2. The summed E-state index contributed by atoms with van der Waals surface area (Å²) in [7, 11) is 0. The number of nitrogens with zero attached hydrogens (tertiary/aromatic N) is 2. The van der Waals surface area contributed by atoms with Crippen LogP contribution >= 0.6 is 0 Å². The molecule has 2 unspecified atom stereocenters. The van der Waals surface area contributed by atoms with Gasteiger partial charge in [-0.3, -0.25) is 4.79 Å². The van der Waals surface area contributed by atoms with Crippen LogP contribution in [0.25, 0.3) is 11.2 Å². The fourth-order valence-electron chi connectivity index (χ4n) is 2.62. The molecule has 2 aromatic heterocycles. The molecule has 1 aliphatic carbocycles. The normalized spacial score (nSPS) is 22.8. The minimum atomic E-state index is -0.764. The summed E-state index contributed by atoms with van der Waals surface area (Å²) in [6.45, 7) is 1.99. The summed E-state index contributed by atoms with van der Waals surface area (Å²) in [6.07, 6.45) is 6.94. The molecule has 98 valence electrons. The third-order valence-corrected chi connectivity index (χ3v) is 3.72. The van der Waals surface area contributed by atoms with Gasteiger partial charge in [0.1, 0.15) is 5.82 Å². The largest absolute Gasteiger partial charge is 0.481 e. The number of imidazole rings is 1. The van der Waals surface area contributed by atoms with Gasteiger partial charge in [0.15, 0.2) is 5.65 Å². The summed E-state index contributed by atoms with van der Waals surface area (Å²) in [5.41, 5.74) is 2.63. The van der Waals surface area contributed by atoms with Crippen molar-refractivity contribution in [2.75, 3.05) is 0 Å². The monoisotopic (exact) mass is 257 g/mol. The molecular formula is C14H15N3O2.